The fourth-order valence-electron chi connectivity index (χ4n) is 2.90. The van der Waals surface area contributed by atoms with E-state index in [4.69, 9.17) is 4.42 Å². The minimum atomic E-state index is -0.318. The second-order valence-electron chi connectivity index (χ2n) is 5.89. The van der Waals surface area contributed by atoms with Crippen LogP contribution in [0.5, 0.6) is 0 Å². The summed E-state index contributed by atoms with van der Waals surface area (Å²) in [4.78, 5) is 29.8. The van der Waals surface area contributed by atoms with E-state index in [0.29, 0.717) is 42.7 Å². The number of H-pyrrole nitrogens is 2. The fraction of sp³-hybridized carbons (Fsp3) is 0.600. The van der Waals surface area contributed by atoms with Crippen molar-refractivity contribution in [2.24, 2.45) is 0 Å². The maximum atomic E-state index is 12.0. The zero-order chi connectivity index (χ0) is 16.1. The number of aromatic nitrogens is 4. The molecule has 0 spiro atoms. The van der Waals surface area contributed by atoms with Crippen LogP contribution in [0.15, 0.2) is 15.5 Å². The summed E-state index contributed by atoms with van der Waals surface area (Å²) in [5.74, 6) is 1.39. The molecule has 3 rings (SSSR count). The number of rotatable bonds is 6. The molecule has 0 radical (unpaired) electrons. The average Bonchev–Trinajstić information content (AvgIpc) is 3.21. The molecular weight excluding hydrogens is 298 g/mol. The number of carbonyl (C=O) groups is 1. The molecule has 2 aromatic heterocycles. The van der Waals surface area contributed by atoms with E-state index in [-0.39, 0.29) is 11.6 Å². The molecule has 1 amide bonds. The number of aryl methyl sites for hydroxylation is 1. The Morgan fingerprint density at radius 2 is 2.17 bits per heavy atom. The molecule has 2 heterocycles. The molecule has 0 unspecified atom stereocenters. The van der Waals surface area contributed by atoms with Crippen molar-refractivity contribution in [2.45, 2.75) is 50.9 Å². The maximum Gasteiger partial charge on any atom is 0.340 e. The maximum absolute atomic E-state index is 12.0. The molecule has 0 bridgehead atoms. The van der Waals surface area contributed by atoms with Crippen LogP contribution in [0.2, 0.25) is 0 Å². The number of oxazole rings is 1. The van der Waals surface area contributed by atoms with Gasteiger partial charge in [0.05, 0.1) is 0 Å². The molecule has 1 aliphatic rings. The van der Waals surface area contributed by atoms with Crippen LogP contribution in [-0.4, -0.2) is 32.6 Å². The van der Waals surface area contributed by atoms with E-state index < -0.39 is 0 Å². The van der Waals surface area contributed by atoms with Crippen LogP contribution in [0, 0.1) is 0 Å². The zero-order valence-electron chi connectivity index (χ0n) is 12.9. The Morgan fingerprint density at radius 1 is 1.35 bits per heavy atom. The lowest BCUT2D eigenvalue weighted by molar-refractivity contribution is 0.0948. The van der Waals surface area contributed by atoms with Crippen LogP contribution >= 0.6 is 0 Å². The van der Waals surface area contributed by atoms with Gasteiger partial charge in [-0.05, 0) is 19.3 Å². The lowest BCUT2D eigenvalue weighted by atomic mass is 9.89. The van der Waals surface area contributed by atoms with Gasteiger partial charge in [-0.15, -0.1) is 0 Å². The van der Waals surface area contributed by atoms with Crippen LogP contribution in [0.25, 0.3) is 0 Å². The highest BCUT2D eigenvalue weighted by Gasteiger charge is 2.21. The molecule has 8 heteroatoms. The lowest BCUT2D eigenvalue weighted by Crippen LogP contribution is -2.25. The van der Waals surface area contributed by atoms with E-state index in [1.807, 2.05) is 0 Å². The average molecular weight is 319 g/mol. The van der Waals surface area contributed by atoms with Gasteiger partial charge in [-0.2, -0.15) is 5.10 Å². The van der Waals surface area contributed by atoms with E-state index in [9.17, 15) is 9.59 Å². The van der Waals surface area contributed by atoms with Gasteiger partial charge >= 0.3 is 5.69 Å². The highest BCUT2D eigenvalue weighted by molar-refractivity contribution is 5.91. The number of carbonyl (C=O) groups excluding carboxylic acids is 1. The summed E-state index contributed by atoms with van der Waals surface area (Å²) >= 11 is 0. The number of hydrogen-bond donors (Lipinski definition) is 3. The molecule has 124 valence electrons. The van der Waals surface area contributed by atoms with E-state index in [1.165, 1.54) is 25.5 Å². The quantitative estimate of drug-likeness (QED) is 0.698. The van der Waals surface area contributed by atoms with E-state index in [2.05, 4.69) is 25.5 Å². The van der Waals surface area contributed by atoms with Gasteiger partial charge in [-0.3, -0.25) is 9.78 Å². The number of nitrogens with one attached hydrogen (secondary N) is 3. The van der Waals surface area contributed by atoms with Crippen molar-refractivity contribution >= 4 is 5.91 Å². The van der Waals surface area contributed by atoms with Crippen molar-refractivity contribution in [2.75, 3.05) is 6.54 Å². The minimum Gasteiger partial charge on any atom is -0.448 e. The molecule has 0 atom stereocenters. The molecule has 2 aromatic rings. The van der Waals surface area contributed by atoms with E-state index in [0.717, 1.165) is 12.8 Å². The number of aromatic amines is 2. The largest absolute Gasteiger partial charge is 0.448 e. The van der Waals surface area contributed by atoms with Crippen LogP contribution < -0.4 is 11.0 Å². The van der Waals surface area contributed by atoms with Gasteiger partial charge in [0, 0.05) is 18.9 Å². The van der Waals surface area contributed by atoms with Crippen LogP contribution in [-0.2, 0) is 6.42 Å². The van der Waals surface area contributed by atoms with Gasteiger partial charge in [0.1, 0.15) is 12.1 Å². The van der Waals surface area contributed by atoms with E-state index >= 15 is 0 Å². The Labute approximate surface area is 133 Å². The van der Waals surface area contributed by atoms with Gasteiger partial charge in [0.15, 0.2) is 11.6 Å². The first-order chi connectivity index (χ1) is 11.2. The highest BCUT2D eigenvalue weighted by Crippen LogP contribution is 2.31. The smallest absolute Gasteiger partial charge is 0.340 e. The van der Waals surface area contributed by atoms with Crippen LogP contribution in [0.1, 0.15) is 66.6 Å². The van der Waals surface area contributed by atoms with Gasteiger partial charge in [-0.25, -0.2) is 14.9 Å². The van der Waals surface area contributed by atoms with Crippen LogP contribution in [0.3, 0.4) is 0 Å². The summed E-state index contributed by atoms with van der Waals surface area (Å²) in [7, 11) is 0. The third kappa shape index (κ3) is 4.08. The zero-order valence-corrected chi connectivity index (χ0v) is 12.9. The summed E-state index contributed by atoms with van der Waals surface area (Å²) in [5, 5.41) is 8.92. The molecule has 0 aromatic carbocycles. The molecule has 1 saturated carbocycles. The first kappa shape index (κ1) is 15.5. The predicted molar refractivity (Wildman–Crippen MR) is 82.2 cm³/mol. The monoisotopic (exact) mass is 319 g/mol. The summed E-state index contributed by atoms with van der Waals surface area (Å²) in [6.07, 6.45) is 8.54. The molecule has 0 saturated heterocycles. The Morgan fingerprint density at radius 3 is 2.91 bits per heavy atom. The number of hydrogen-bond acceptors (Lipinski definition) is 5. The van der Waals surface area contributed by atoms with Crippen molar-refractivity contribution < 1.29 is 9.21 Å². The summed E-state index contributed by atoms with van der Waals surface area (Å²) in [6.45, 7) is 0.485. The fourth-order valence-corrected chi connectivity index (χ4v) is 2.90. The number of amides is 1. The summed E-state index contributed by atoms with van der Waals surface area (Å²) in [5.41, 5.74) is 0.0145. The SMILES string of the molecule is O=C(NCCCc1n[nH]c(=O)[nH]1)c1coc(C2CCCCC2)n1. The Hall–Kier alpha value is -2.38. The molecule has 23 heavy (non-hydrogen) atoms. The first-order valence-corrected chi connectivity index (χ1v) is 8.09. The molecule has 1 aliphatic carbocycles. The Bertz CT molecular complexity index is 696. The highest BCUT2D eigenvalue weighted by atomic mass is 16.3. The van der Waals surface area contributed by atoms with Crippen molar-refractivity contribution in [3.63, 3.8) is 0 Å². The second kappa shape index (κ2) is 7.26. The molecule has 8 nitrogen and oxygen atoms in total. The van der Waals surface area contributed by atoms with Crippen LogP contribution in [0.4, 0.5) is 0 Å². The third-order valence-electron chi connectivity index (χ3n) is 4.14. The summed E-state index contributed by atoms with van der Waals surface area (Å²) in [6, 6.07) is 0. The molecule has 1 fully saturated rings. The second-order valence-corrected chi connectivity index (χ2v) is 5.89. The first-order valence-electron chi connectivity index (χ1n) is 8.09. The Balaban J connectivity index is 1.44. The van der Waals surface area contributed by atoms with Crippen molar-refractivity contribution in [1.82, 2.24) is 25.5 Å². The molecule has 3 N–H and O–H groups in total. The van der Waals surface area contributed by atoms with E-state index in [1.54, 1.807) is 0 Å². The third-order valence-corrected chi connectivity index (χ3v) is 4.14. The Kier molecular flexibility index (Phi) is 4.89. The predicted octanol–water partition coefficient (Wildman–Crippen LogP) is 1.50. The molecule has 0 aliphatic heterocycles. The normalized spacial score (nSPS) is 15.7. The van der Waals surface area contributed by atoms with Crippen molar-refractivity contribution in [1.29, 1.82) is 0 Å². The van der Waals surface area contributed by atoms with Gasteiger partial charge in [0.2, 0.25) is 0 Å². The number of nitrogens with zero attached hydrogens (tertiary/aromatic N) is 2. The van der Waals surface area contributed by atoms with Crippen molar-refractivity contribution in [3.8, 4) is 0 Å². The minimum absolute atomic E-state index is 0.230. The van der Waals surface area contributed by atoms with Gasteiger partial charge in [0.25, 0.3) is 5.91 Å². The van der Waals surface area contributed by atoms with Crippen molar-refractivity contribution in [3.05, 3.63) is 34.2 Å². The van der Waals surface area contributed by atoms with Gasteiger partial charge < -0.3 is 9.73 Å². The summed E-state index contributed by atoms with van der Waals surface area (Å²) < 4.78 is 5.48. The topological polar surface area (TPSA) is 117 Å². The molecular formula is C15H21N5O3. The lowest BCUT2D eigenvalue weighted by Gasteiger charge is -2.17. The van der Waals surface area contributed by atoms with Gasteiger partial charge in [-0.1, -0.05) is 19.3 Å². The standard InChI is InChI=1S/C15H21N5O3/c21-13(16-8-4-7-12-18-15(22)20-19-12)11-9-23-14(17-11)10-5-2-1-3-6-10/h9-10H,1-8H2,(H,16,21)(H2,18,19,20,22).